The van der Waals surface area contributed by atoms with Crippen molar-refractivity contribution in [3.05, 3.63) is 36.1 Å². The highest BCUT2D eigenvalue weighted by Gasteiger charge is 2.13. The molecule has 7 heteroatoms. The van der Waals surface area contributed by atoms with Crippen molar-refractivity contribution < 1.29 is 0 Å². The number of nitrogen functional groups attached to an aromatic ring is 1. The van der Waals surface area contributed by atoms with Gasteiger partial charge in [0.2, 0.25) is 0 Å². The molecule has 0 aliphatic heterocycles. The summed E-state index contributed by atoms with van der Waals surface area (Å²) in [5.41, 5.74) is 2.92. The van der Waals surface area contributed by atoms with Gasteiger partial charge in [0, 0.05) is 0 Å². The Hall–Kier alpha value is -2.41. The Morgan fingerprint density at radius 2 is 2.11 bits per heavy atom. The zero-order valence-corrected chi connectivity index (χ0v) is 9.98. The zero-order valence-electron chi connectivity index (χ0n) is 9.16. The molecule has 4 aromatic rings. The number of benzene rings is 1. The lowest BCUT2D eigenvalue weighted by Gasteiger charge is -1.98. The first-order valence-electron chi connectivity index (χ1n) is 5.33. The van der Waals surface area contributed by atoms with Gasteiger partial charge in [-0.05, 0) is 12.1 Å². The molecule has 0 aliphatic rings. The molecule has 0 aliphatic carbocycles. The van der Waals surface area contributed by atoms with Crippen LogP contribution in [0.1, 0.15) is 0 Å². The molecule has 0 saturated carbocycles. The fourth-order valence-electron chi connectivity index (χ4n) is 2.08. The number of nitrogens with two attached hydrogens (primary N) is 1. The fraction of sp³-hybridized carbons (Fsp3) is 0. The van der Waals surface area contributed by atoms with Gasteiger partial charge in [-0.15, -0.1) is 0 Å². The average Bonchev–Trinajstić information content (AvgIpc) is 2.90. The van der Waals surface area contributed by atoms with Gasteiger partial charge < -0.3 is 5.84 Å². The Labute approximate surface area is 104 Å². The maximum Gasteiger partial charge on any atom is 0.197 e. The maximum absolute atomic E-state index is 7.93. The van der Waals surface area contributed by atoms with Crippen LogP contribution in [0.3, 0.4) is 0 Å². The molecule has 4 rings (SSSR count). The quantitative estimate of drug-likeness (QED) is 0.462. The van der Waals surface area contributed by atoms with Crippen LogP contribution in [0.2, 0.25) is 0 Å². The smallest absolute Gasteiger partial charge is 0.197 e. The summed E-state index contributed by atoms with van der Waals surface area (Å²) in [6.07, 6.45) is 1.45. The molecular formula is C11H8N6S. The monoisotopic (exact) mass is 256 g/mol. The van der Waals surface area contributed by atoms with E-state index in [-0.39, 0.29) is 5.49 Å². The van der Waals surface area contributed by atoms with Crippen LogP contribution in [0.25, 0.3) is 26.3 Å². The minimum absolute atomic E-state index is 0.250. The van der Waals surface area contributed by atoms with Crippen LogP contribution in [-0.4, -0.2) is 19.0 Å². The number of para-hydroxylation sites is 2. The van der Waals surface area contributed by atoms with E-state index >= 15 is 0 Å². The van der Waals surface area contributed by atoms with E-state index in [1.165, 1.54) is 22.3 Å². The maximum atomic E-state index is 7.93. The van der Waals surface area contributed by atoms with E-state index in [1.54, 1.807) is 0 Å². The van der Waals surface area contributed by atoms with Crippen molar-refractivity contribution >= 4 is 37.7 Å². The average molecular weight is 256 g/mol. The molecule has 3 aromatic heterocycles. The van der Waals surface area contributed by atoms with Crippen LogP contribution >= 0.6 is 11.3 Å². The molecule has 0 spiro atoms. The Morgan fingerprint density at radius 3 is 3.00 bits per heavy atom. The number of imidazole rings is 1. The Morgan fingerprint density at radius 1 is 1.28 bits per heavy atom. The van der Waals surface area contributed by atoms with Crippen LogP contribution in [0.5, 0.6) is 0 Å². The van der Waals surface area contributed by atoms with Crippen molar-refractivity contribution in [1.29, 1.82) is 5.41 Å². The largest absolute Gasteiger partial charge is 0.336 e. The molecule has 0 saturated heterocycles. The van der Waals surface area contributed by atoms with Crippen LogP contribution in [0.15, 0.2) is 30.6 Å². The van der Waals surface area contributed by atoms with Crippen molar-refractivity contribution in [3.8, 4) is 0 Å². The third-order valence-corrected chi connectivity index (χ3v) is 3.95. The summed E-state index contributed by atoms with van der Waals surface area (Å²) < 4.78 is 3.92. The van der Waals surface area contributed by atoms with Gasteiger partial charge in [-0.3, -0.25) is 9.81 Å². The van der Waals surface area contributed by atoms with E-state index in [0.717, 1.165) is 26.3 Å². The summed E-state index contributed by atoms with van der Waals surface area (Å²) in [6, 6.07) is 7.89. The van der Waals surface area contributed by atoms with Gasteiger partial charge in [0.05, 0.1) is 11.0 Å². The number of fused-ring (bicyclic) bond motifs is 5. The van der Waals surface area contributed by atoms with Crippen LogP contribution in [0.4, 0.5) is 0 Å². The van der Waals surface area contributed by atoms with Crippen LogP contribution in [0, 0.1) is 5.41 Å². The second kappa shape index (κ2) is 3.08. The molecule has 0 fully saturated rings. The Kier molecular flexibility index (Phi) is 1.64. The number of hydrogen-bond acceptors (Lipinski definition) is 5. The second-order valence-corrected chi connectivity index (χ2v) is 4.95. The molecule has 0 bridgehead atoms. The fourth-order valence-corrected chi connectivity index (χ4v) is 3.12. The van der Waals surface area contributed by atoms with E-state index in [4.69, 9.17) is 11.3 Å². The number of hydrogen-bond donors (Lipinski definition) is 2. The number of nitrogens with zero attached hydrogens (tertiary/aromatic N) is 4. The highest BCUT2D eigenvalue weighted by Crippen LogP contribution is 2.26. The molecule has 1 aromatic carbocycles. The van der Waals surface area contributed by atoms with E-state index in [9.17, 15) is 0 Å². The van der Waals surface area contributed by atoms with Crippen molar-refractivity contribution in [2.24, 2.45) is 0 Å². The van der Waals surface area contributed by atoms with Crippen LogP contribution in [-0.2, 0) is 0 Å². The van der Waals surface area contributed by atoms with Crippen molar-refractivity contribution in [3.63, 3.8) is 0 Å². The van der Waals surface area contributed by atoms with E-state index in [0.29, 0.717) is 0 Å². The minimum atomic E-state index is 0.250. The van der Waals surface area contributed by atoms with E-state index in [1.807, 2.05) is 28.7 Å². The third kappa shape index (κ3) is 1.04. The van der Waals surface area contributed by atoms with E-state index in [2.05, 4.69) is 9.97 Å². The minimum Gasteiger partial charge on any atom is -0.336 e. The van der Waals surface area contributed by atoms with Gasteiger partial charge in [0.15, 0.2) is 16.1 Å². The number of nitrogens with one attached hydrogen (secondary N) is 1. The summed E-state index contributed by atoms with van der Waals surface area (Å²) in [6.45, 7) is 0. The standard InChI is InChI=1S/C11H8N6S/c12-9-8-10(14-5-16(9)13)17-7-4-2-1-3-6(7)15-11(17)18-8/h1-5,12H,13H2. The molecule has 18 heavy (non-hydrogen) atoms. The van der Waals surface area contributed by atoms with Gasteiger partial charge in [0.1, 0.15) is 11.0 Å². The summed E-state index contributed by atoms with van der Waals surface area (Å²) >= 11 is 1.43. The number of rotatable bonds is 0. The van der Waals surface area contributed by atoms with Crippen LogP contribution < -0.4 is 11.3 Å². The highest BCUT2D eigenvalue weighted by atomic mass is 32.1. The highest BCUT2D eigenvalue weighted by molar-refractivity contribution is 7.23. The Balaban J connectivity index is 2.35. The summed E-state index contributed by atoms with van der Waals surface area (Å²) in [5.74, 6) is 5.63. The van der Waals surface area contributed by atoms with Crippen molar-refractivity contribution in [1.82, 2.24) is 19.0 Å². The SMILES string of the molecule is N=c1c2sc3nc4ccccc4n3c2ncn1N. The molecule has 3 N–H and O–H groups in total. The van der Waals surface area contributed by atoms with Crippen molar-refractivity contribution in [2.75, 3.05) is 5.84 Å². The summed E-state index contributed by atoms with van der Waals surface area (Å²) in [4.78, 5) is 9.67. The number of thiazole rings is 1. The zero-order chi connectivity index (χ0) is 12.3. The molecule has 0 radical (unpaired) electrons. The molecule has 0 unspecified atom stereocenters. The van der Waals surface area contributed by atoms with E-state index < -0.39 is 0 Å². The summed E-state index contributed by atoms with van der Waals surface area (Å²) in [7, 11) is 0. The topological polar surface area (TPSA) is 85.0 Å². The molecule has 3 heterocycles. The second-order valence-electron chi connectivity index (χ2n) is 3.97. The van der Waals surface area contributed by atoms with Gasteiger partial charge in [-0.1, -0.05) is 23.5 Å². The lowest BCUT2D eigenvalue weighted by Crippen LogP contribution is -2.26. The molecule has 6 nitrogen and oxygen atoms in total. The summed E-state index contributed by atoms with van der Waals surface area (Å²) in [5, 5.41) is 7.93. The molecule has 88 valence electrons. The first-order valence-corrected chi connectivity index (χ1v) is 6.14. The lowest BCUT2D eigenvalue weighted by molar-refractivity contribution is 0.866. The first kappa shape index (κ1) is 9.60. The predicted octanol–water partition coefficient (Wildman–Crippen LogP) is 1.09. The molecular weight excluding hydrogens is 248 g/mol. The van der Waals surface area contributed by atoms with Gasteiger partial charge >= 0.3 is 0 Å². The van der Waals surface area contributed by atoms with Gasteiger partial charge in [-0.25, -0.2) is 14.6 Å². The molecule has 0 amide bonds. The Bertz CT molecular complexity index is 960. The third-order valence-electron chi connectivity index (χ3n) is 2.92. The lowest BCUT2D eigenvalue weighted by atomic mass is 10.3. The normalized spacial score (nSPS) is 11.8. The van der Waals surface area contributed by atoms with Gasteiger partial charge in [-0.2, -0.15) is 0 Å². The van der Waals surface area contributed by atoms with Gasteiger partial charge in [0.25, 0.3) is 0 Å². The molecule has 0 atom stereocenters. The predicted molar refractivity (Wildman–Crippen MR) is 69.9 cm³/mol. The van der Waals surface area contributed by atoms with Crippen molar-refractivity contribution in [2.45, 2.75) is 0 Å². The first-order chi connectivity index (χ1) is 8.75. The number of aromatic nitrogens is 4.